The summed E-state index contributed by atoms with van der Waals surface area (Å²) in [5.74, 6) is -0.597. The Morgan fingerprint density at radius 3 is 2.55 bits per heavy atom. The van der Waals surface area contributed by atoms with Gasteiger partial charge in [-0.1, -0.05) is 30.3 Å². The van der Waals surface area contributed by atoms with Crippen LogP contribution >= 0.6 is 0 Å². The second-order valence-electron chi connectivity index (χ2n) is 4.31. The molecule has 0 fully saturated rings. The Bertz CT molecular complexity index is 621. The molecule has 0 atom stereocenters. The van der Waals surface area contributed by atoms with E-state index in [9.17, 15) is 9.18 Å². The first-order valence-corrected chi connectivity index (χ1v) is 6.20. The lowest BCUT2D eigenvalue weighted by Crippen LogP contribution is -2.20. The quantitative estimate of drug-likeness (QED) is 0.663. The number of carbonyl (C=O) groups excluding carboxylic acids is 1. The highest BCUT2D eigenvalue weighted by Crippen LogP contribution is 2.07. The van der Waals surface area contributed by atoms with E-state index in [-0.39, 0.29) is 18.3 Å². The van der Waals surface area contributed by atoms with Crippen LogP contribution in [0.5, 0.6) is 0 Å². The molecule has 2 aromatic rings. The van der Waals surface area contributed by atoms with Gasteiger partial charge < -0.3 is 11.1 Å². The van der Waals surface area contributed by atoms with Gasteiger partial charge in [0.25, 0.3) is 0 Å². The van der Waals surface area contributed by atoms with Crippen molar-refractivity contribution in [2.75, 3.05) is 5.73 Å². The number of halogens is 1. The summed E-state index contributed by atoms with van der Waals surface area (Å²) in [5.41, 5.74) is 7.58. The molecule has 20 heavy (non-hydrogen) atoms. The minimum atomic E-state index is -0.324. The largest absolute Gasteiger partial charge is 0.399 e. The second kappa shape index (κ2) is 6.52. The van der Waals surface area contributed by atoms with Gasteiger partial charge in [0.05, 0.1) is 0 Å². The molecule has 0 heterocycles. The van der Waals surface area contributed by atoms with Crippen molar-refractivity contribution in [2.24, 2.45) is 0 Å². The van der Waals surface area contributed by atoms with Crippen molar-refractivity contribution in [3.8, 4) is 0 Å². The van der Waals surface area contributed by atoms with E-state index in [1.54, 1.807) is 36.4 Å². The number of rotatable bonds is 4. The van der Waals surface area contributed by atoms with Crippen LogP contribution in [0.4, 0.5) is 10.1 Å². The van der Waals surface area contributed by atoms with Gasteiger partial charge in [-0.3, -0.25) is 4.79 Å². The van der Waals surface area contributed by atoms with Crippen LogP contribution in [0.25, 0.3) is 6.08 Å². The molecule has 102 valence electrons. The van der Waals surface area contributed by atoms with E-state index in [0.717, 1.165) is 5.56 Å². The number of nitrogens with two attached hydrogens (primary N) is 1. The summed E-state index contributed by atoms with van der Waals surface area (Å²) in [4.78, 5) is 11.6. The molecule has 0 saturated carbocycles. The van der Waals surface area contributed by atoms with E-state index in [2.05, 4.69) is 5.32 Å². The molecule has 0 spiro atoms. The summed E-state index contributed by atoms with van der Waals surface area (Å²) in [5, 5.41) is 2.63. The maximum atomic E-state index is 13.3. The fourth-order valence-electron chi connectivity index (χ4n) is 1.66. The van der Waals surface area contributed by atoms with Crippen molar-refractivity contribution in [2.45, 2.75) is 6.54 Å². The van der Waals surface area contributed by atoms with E-state index in [4.69, 9.17) is 5.73 Å². The maximum Gasteiger partial charge on any atom is 0.244 e. The molecule has 4 heteroatoms. The molecule has 0 saturated heterocycles. The van der Waals surface area contributed by atoms with E-state index >= 15 is 0 Å². The van der Waals surface area contributed by atoms with Crippen molar-refractivity contribution in [3.63, 3.8) is 0 Å². The van der Waals surface area contributed by atoms with Gasteiger partial charge in [-0.15, -0.1) is 0 Å². The fourth-order valence-corrected chi connectivity index (χ4v) is 1.66. The molecule has 0 radical (unpaired) electrons. The van der Waals surface area contributed by atoms with E-state index in [1.807, 2.05) is 12.1 Å². The Hall–Kier alpha value is -2.62. The van der Waals surface area contributed by atoms with Crippen LogP contribution in [0.2, 0.25) is 0 Å². The smallest absolute Gasteiger partial charge is 0.244 e. The van der Waals surface area contributed by atoms with Gasteiger partial charge in [0, 0.05) is 23.9 Å². The summed E-state index contributed by atoms with van der Waals surface area (Å²) in [7, 11) is 0. The van der Waals surface area contributed by atoms with Crippen LogP contribution in [0, 0.1) is 5.82 Å². The van der Waals surface area contributed by atoms with Gasteiger partial charge in [0.2, 0.25) is 5.91 Å². The normalized spacial score (nSPS) is 10.7. The van der Waals surface area contributed by atoms with Crippen LogP contribution in [-0.4, -0.2) is 5.91 Å². The highest BCUT2D eigenvalue weighted by Gasteiger charge is 2.01. The molecule has 3 N–H and O–H groups in total. The number of hydrogen-bond acceptors (Lipinski definition) is 2. The molecular formula is C16H15FN2O. The average Bonchev–Trinajstić information content (AvgIpc) is 2.46. The SMILES string of the molecule is Nc1ccc(/C=C/C(=O)NCc2ccccc2F)cc1. The Labute approximate surface area is 116 Å². The summed E-state index contributed by atoms with van der Waals surface area (Å²) in [6.07, 6.45) is 3.09. The number of hydrogen-bond donors (Lipinski definition) is 2. The molecule has 1 amide bonds. The summed E-state index contributed by atoms with van der Waals surface area (Å²) in [6.45, 7) is 0.164. The zero-order chi connectivity index (χ0) is 14.4. The highest BCUT2D eigenvalue weighted by molar-refractivity contribution is 5.91. The number of nitrogen functional groups attached to an aromatic ring is 1. The van der Waals surface area contributed by atoms with Gasteiger partial charge >= 0.3 is 0 Å². The first-order chi connectivity index (χ1) is 9.65. The van der Waals surface area contributed by atoms with Gasteiger partial charge in [0.1, 0.15) is 5.82 Å². The Morgan fingerprint density at radius 1 is 1.15 bits per heavy atom. The number of amides is 1. The predicted octanol–water partition coefficient (Wildman–Crippen LogP) is 2.74. The minimum Gasteiger partial charge on any atom is -0.399 e. The standard InChI is InChI=1S/C16H15FN2O/c17-15-4-2-1-3-13(15)11-19-16(20)10-7-12-5-8-14(18)9-6-12/h1-10H,11,18H2,(H,19,20)/b10-7+. The molecule has 0 bridgehead atoms. The number of carbonyl (C=O) groups is 1. The zero-order valence-electron chi connectivity index (χ0n) is 10.8. The van der Waals surface area contributed by atoms with Crippen molar-refractivity contribution < 1.29 is 9.18 Å². The third-order valence-corrected chi connectivity index (χ3v) is 2.77. The maximum absolute atomic E-state index is 13.3. The molecule has 2 rings (SSSR count). The third kappa shape index (κ3) is 3.95. The van der Waals surface area contributed by atoms with E-state index < -0.39 is 0 Å². The van der Waals surface area contributed by atoms with Crippen molar-refractivity contribution >= 4 is 17.7 Å². The first kappa shape index (κ1) is 13.8. The zero-order valence-corrected chi connectivity index (χ0v) is 10.8. The van der Waals surface area contributed by atoms with Gasteiger partial charge in [-0.25, -0.2) is 4.39 Å². The first-order valence-electron chi connectivity index (χ1n) is 6.20. The topological polar surface area (TPSA) is 55.1 Å². The molecule has 0 unspecified atom stereocenters. The highest BCUT2D eigenvalue weighted by atomic mass is 19.1. The summed E-state index contributed by atoms with van der Waals surface area (Å²) >= 11 is 0. The third-order valence-electron chi connectivity index (χ3n) is 2.77. The van der Waals surface area contributed by atoms with Gasteiger partial charge in [0.15, 0.2) is 0 Å². The van der Waals surface area contributed by atoms with Crippen LogP contribution in [0.15, 0.2) is 54.6 Å². The van der Waals surface area contributed by atoms with E-state index in [1.165, 1.54) is 12.1 Å². The Kier molecular flexibility index (Phi) is 4.50. The Morgan fingerprint density at radius 2 is 1.85 bits per heavy atom. The lowest BCUT2D eigenvalue weighted by Gasteiger charge is -2.03. The molecular weight excluding hydrogens is 255 g/mol. The summed E-state index contributed by atoms with van der Waals surface area (Å²) in [6, 6.07) is 13.5. The predicted molar refractivity (Wildman–Crippen MR) is 78.1 cm³/mol. The van der Waals surface area contributed by atoms with Gasteiger partial charge in [-0.05, 0) is 29.8 Å². The monoisotopic (exact) mass is 270 g/mol. The van der Waals surface area contributed by atoms with Crippen molar-refractivity contribution in [1.29, 1.82) is 0 Å². The van der Waals surface area contributed by atoms with Crippen LogP contribution in [0.3, 0.4) is 0 Å². The molecule has 2 aromatic carbocycles. The molecule has 0 aliphatic carbocycles. The van der Waals surface area contributed by atoms with Gasteiger partial charge in [-0.2, -0.15) is 0 Å². The number of anilines is 1. The van der Waals surface area contributed by atoms with E-state index in [0.29, 0.717) is 11.3 Å². The molecule has 0 aliphatic heterocycles. The minimum absolute atomic E-state index is 0.164. The second-order valence-corrected chi connectivity index (χ2v) is 4.31. The lowest BCUT2D eigenvalue weighted by molar-refractivity contribution is -0.116. The lowest BCUT2D eigenvalue weighted by atomic mass is 10.2. The average molecular weight is 270 g/mol. The Balaban J connectivity index is 1.90. The molecule has 0 aliphatic rings. The van der Waals surface area contributed by atoms with Crippen molar-refractivity contribution in [1.82, 2.24) is 5.32 Å². The van der Waals surface area contributed by atoms with Crippen molar-refractivity contribution in [3.05, 3.63) is 71.6 Å². The van der Waals surface area contributed by atoms with Crippen LogP contribution in [0.1, 0.15) is 11.1 Å². The molecule has 3 nitrogen and oxygen atoms in total. The van der Waals surface area contributed by atoms with Crippen LogP contribution in [-0.2, 0) is 11.3 Å². The molecule has 0 aromatic heterocycles. The fraction of sp³-hybridized carbons (Fsp3) is 0.0625. The number of benzene rings is 2. The number of nitrogens with one attached hydrogen (secondary N) is 1. The summed E-state index contributed by atoms with van der Waals surface area (Å²) < 4.78 is 13.3. The van der Waals surface area contributed by atoms with Crippen LogP contribution < -0.4 is 11.1 Å².